The molecular weight excluding hydrogens is 406 g/mol. The van der Waals surface area contributed by atoms with Crippen molar-refractivity contribution in [2.45, 2.75) is 27.0 Å². The van der Waals surface area contributed by atoms with Gasteiger partial charge in [0.2, 0.25) is 0 Å². The molecular formula is C23H27N7O2. The molecule has 1 aliphatic rings. The van der Waals surface area contributed by atoms with Crippen LogP contribution in [0.15, 0.2) is 41.8 Å². The van der Waals surface area contributed by atoms with Crippen molar-refractivity contribution in [1.82, 2.24) is 29.0 Å². The van der Waals surface area contributed by atoms with Crippen LogP contribution in [0.4, 0.5) is 0 Å². The Bertz CT molecular complexity index is 1240. The van der Waals surface area contributed by atoms with E-state index in [0.29, 0.717) is 5.82 Å². The molecule has 3 aromatic heterocycles. The molecule has 4 heterocycles. The standard InChI is InChI=1S/C23H27N7O2/c1-17-18(2)29(9-8-28-10-12-31-13-11-28)22-21(17)23-26-20(27-30(23)16-24-22)15-32-25-14-19-6-4-3-5-7-19/h3-7,14,16H,8-13,15H2,1-2H3/b25-14+. The smallest absolute Gasteiger partial charge is 0.192 e. The Morgan fingerprint density at radius 1 is 1.09 bits per heavy atom. The van der Waals surface area contributed by atoms with Gasteiger partial charge in [-0.15, -0.1) is 5.10 Å². The first-order chi connectivity index (χ1) is 15.7. The predicted molar refractivity (Wildman–Crippen MR) is 122 cm³/mol. The van der Waals surface area contributed by atoms with Gasteiger partial charge in [-0.3, -0.25) is 4.90 Å². The maximum Gasteiger partial charge on any atom is 0.192 e. The molecule has 0 bridgehead atoms. The van der Waals surface area contributed by atoms with Crippen molar-refractivity contribution in [3.05, 3.63) is 59.3 Å². The zero-order chi connectivity index (χ0) is 21.9. The summed E-state index contributed by atoms with van der Waals surface area (Å²) < 4.78 is 9.47. The van der Waals surface area contributed by atoms with E-state index in [2.05, 4.69) is 33.6 Å². The Kier molecular flexibility index (Phi) is 5.83. The van der Waals surface area contributed by atoms with Crippen LogP contribution in [0.25, 0.3) is 16.7 Å². The van der Waals surface area contributed by atoms with E-state index in [1.165, 1.54) is 11.3 Å². The third-order valence-corrected chi connectivity index (χ3v) is 6.00. The number of nitrogens with zero attached hydrogens (tertiary/aromatic N) is 7. The zero-order valence-electron chi connectivity index (χ0n) is 18.4. The van der Waals surface area contributed by atoms with E-state index >= 15 is 0 Å². The van der Waals surface area contributed by atoms with Crippen LogP contribution in [-0.4, -0.2) is 68.1 Å². The van der Waals surface area contributed by atoms with Crippen LogP contribution in [0, 0.1) is 13.8 Å². The number of aromatic nitrogens is 5. The molecule has 32 heavy (non-hydrogen) atoms. The Morgan fingerprint density at radius 3 is 2.72 bits per heavy atom. The highest BCUT2D eigenvalue weighted by molar-refractivity contribution is 5.93. The lowest BCUT2D eigenvalue weighted by Gasteiger charge is -2.26. The van der Waals surface area contributed by atoms with Gasteiger partial charge in [-0.25, -0.2) is 14.5 Å². The second kappa shape index (κ2) is 9.05. The summed E-state index contributed by atoms with van der Waals surface area (Å²) in [6.45, 7) is 9.91. The number of rotatable bonds is 7. The van der Waals surface area contributed by atoms with Gasteiger partial charge in [-0.2, -0.15) is 0 Å². The number of fused-ring (bicyclic) bond motifs is 3. The molecule has 1 aliphatic heterocycles. The minimum Gasteiger partial charge on any atom is -0.387 e. The fraction of sp³-hybridized carbons (Fsp3) is 0.391. The summed E-state index contributed by atoms with van der Waals surface area (Å²) in [5, 5.41) is 9.59. The third kappa shape index (κ3) is 4.09. The number of benzene rings is 1. The van der Waals surface area contributed by atoms with Crippen LogP contribution in [0.3, 0.4) is 0 Å². The molecule has 1 aromatic carbocycles. The van der Waals surface area contributed by atoms with Gasteiger partial charge in [0.25, 0.3) is 0 Å². The van der Waals surface area contributed by atoms with E-state index < -0.39 is 0 Å². The van der Waals surface area contributed by atoms with Crippen molar-refractivity contribution < 1.29 is 9.57 Å². The van der Waals surface area contributed by atoms with Crippen LogP contribution >= 0.6 is 0 Å². The summed E-state index contributed by atoms with van der Waals surface area (Å²) in [6.07, 6.45) is 3.41. The highest BCUT2D eigenvalue weighted by atomic mass is 16.6. The fourth-order valence-corrected chi connectivity index (χ4v) is 4.11. The van der Waals surface area contributed by atoms with Crippen LogP contribution < -0.4 is 0 Å². The molecule has 0 N–H and O–H groups in total. The van der Waals surface area contributed by atoms with Crippen molar-refractivity contribution >= 4 is 22.9 Å². The average Bonchev–Trinajstić information content (AvgIpc) is 3.35. The maximum atomic E-state index is 5.46. The summed E-state index contributed by atoms with van der Waals surface area (Å²) in [5.74, 6) is 0.572. The molecule has 9 nitrogen and oxygen atoms in total. The van der Waals surface area contributed by atoms with Gasteiger partial charge in [-0.1, -0.05) is 35.5 Å². The highest BCUT2D eigenvalue weighted by Gasteiger charge is 2.19. The number of oxime groups is 1. The molecule has 166 valence electrons. The van der Waals surface area contributed by atoms with Gasteiger partial charge in [0.1, 0.15) is 12.0 Å². The highest BCUT2D eigenvalue weighted by Crippen LogP contribution is 2.26. The number of aryl methyl sites for hydroxylation is 1. The second-order valence-electron chi connectivity index (χ2n) is 7.97. The Balaban J connectivity index is 1.36. The third-order valence-electron chi connectivity index (χ3n) is 6.00. The Morgan fingerprint density at radius 2 is 1.91 bits per heavy atom. The second-order valence-corrected chi connectivity index (χ2v) is 7.97. The number of hydrogen-bond donors (Lipinski definition) is 0. The first-order valence-electron chi connectivity index (χ1n) is 10.9. The molecule has 9 heteroatoms. The summed E-state index contributed by atoms with van der Waals surface area (Å²) in [7, 11) is 0. The summed E-state index contributed by atoms with van der Waals surface area (Å²) in [5.41, 5.74) is 5.11. The molecule has 4 aromatic rings. The quantitative estimate of drug-likeness (QED) is 0.329. The molecule has 1 saturated heterocycles. The summed E-state index contributed by atoms with van der Waals surface area (Å²) in [4.78, 5) is 17.3. The maximum absolute atomic E-state index is 5.46. The minimum atomic E-state index is 0.197. The normalized spacial score (nSPS) is 15.3. The van der Waals surface area contributed by atoms with Crippen LogP contribution in [0.1, 0.15) is 22.6 Å². The summed E-state index contributed by atoms with van der Waals surface area (Å²) in [6, 6.07) is 9.81. The molecule has 1 fully saturated rings. The van der Waals surface area contributed by atoms with Crippen molar-refractivity contribution in [2.24, 2.45) is 5.16 Å². The molecule has 0 saturated carbocycles. The lowest BCUT2D eigenvalue weighted by Crippen LogP contribution is -2.38. The van der Waals surface area contributed by atoms with Gasteiger partial charge in [0, 0.05) is 31.9 Å². The van der Waals surface area contributed by atoms with Gasteiger partial charge in [0.15, 0.2) is 18.1 Å². The molecule has 0 amide bonds. The first kappa shape index (κ1) is 20.6. The lowest BCUT2D eigenvalue weighted by atomic mass is 10.2. The molecule has 0 aliphatic carbocycles. The average molecular weight is 434 g/mol. The SMILES string of the molecule is Cc1c(C)n(CCN2CCOCC2)c2ncn3nc(CO/N=C/c4ccccc4)nc3c12. The van der Waals surface area contributed by atoms with E-state index in [1.807, 2.05) is 30.3 Å². The van der Waals surface area contributed by atoms with Gasteiger partial charge in [-0.05, 0) is 25.0 Å². The van der Waals surface area contributed by atoms with Crippen LogP contribution in [-0.2, 0) is 22.7 Å². The molecule has 0 unspecified atom stereocenters. The monoisotopic (exact) mass is 433 g/mol. The Hall–Kier alpha value is -3.30. The molecule has 0 radical (unpaired) electrons. The van der Waals surface area contributed by atoms with E-state index in [1.54, 1.807) is 17.1 Å². The van der Waals surface area contributed by atoms with Crippen molar-refractivity contribution in [1.29, 1.82) is 0 Å². The predicted octanol–water partition coefficient (Wildman–Crippen LogP) is 2.58. The molecule has 0 atom stereocenters. The van der Waals surface area contributed by atoms with E-state index in [9.17, 15) is 0 Å². The van der Waals surface area contributed by atoms with Gasteiger partial charge >= 0.3 is 0 Å². The number of ether oxygens (including phenoxy) is 1. The number of hydrogen-bond acceptors (Lipinski definition) is 7. The van der Waals surface area contributed by atoms with Crippen molar-refractivity contribution in [3.63, 3.8) is 0 Å². The van der Waals surface area contributed by atoms with Gasteiger partial charge < -0.3 is 14.1 Å². The van der Waals surface area contributed by atoms with Crippen LogP contribution in [0.2, 0.25) is 0 Å². The largest absolute Gasteiger partial charge is 0.387 e. The minimum absolute atomic E-state index is 0.197. The molecule has 5 rings (SSSR count). The van der Waals surface area contributed by atoms with Crippen molar-refractivity contribution in [2.75, 3.05) is 32.8 Å². The van der Waals surface area contributed by atoms with E-state index in [4.69, 9.17) is 19.5 Å². The van der Waals surface area contributed by atoms with Crippen LogP contribution in [0.5, 0.6) is 0 Å². The van der Waals surface area contributed by atoms with Crippen molar-refractivity contribution in [3.8, 4) is 0 Å². The first-order valence-corrected chi connectivity index (χ1v) is 10.9. The lowest BCUT2D eigenvalue weighted by molar-refractivity contribution is 0.0364. The number of morpholine rings is 1. The fourth-order valence-electron chi connectivity index (χ4n) is 4.11. The molecule has 0 spiro atoms. The van der Waals surface area contributed by atoms with Gasteiger partial charge in [0.05, 0.1) is 24.8 Å². The zero-order valence-corrected chi connectivity index (χ0v) is 18.4. The Labute approximate surface area is 186 Å². The summed E-state index contributed by atoms with van der Waals surface area (Å²) >= 11 is 0. The topological polar surface area (TPSA) is 82.1 Å². The van der Waals surface area contributed by atoms with E-state index in [-0.39, 0.29) is 6.61 Å². The van der Waals surface area contributed by atoms with E-state index in [0.717, 1.165) is 61.6 Å².